The summed E-state index contributed by atoms with van der Waals surface area (Å²) < 4.78 is 10.6. The molecule has 2 amide bonds. The van der Waals surface area contributed by atoms with Crippen LogP contribution in [-0.4, -0.2) is 42.7 Å². The van der Waals surface area contributed by atoms with Gasteiger partial charge in [-0.05, 0) is 57.7 Å². The number of anilines is 1. The van der Waals surface area contributed by atoms with Crippen LogP contribution in [0.25, 0.3) is 0 Å². The van der Waals surface area contributed by atoms with Gasteiger partial charge in [0.25, 0.3) is 0 Å². The maximum absolute atomic E-state index is 12.3. The van der Waals surface area contributed by atoms with Crippen LogP contribution < -0.4 is 10.1 Å². The van der Waals surface area contributed by atoms with Gasteiger partial charge in [-0.25, -0.2) is 4.79 Å². The molecule has 1 aliphatic heterocycles. The first kappa shape index (κ1) is 20.4. The van der Waals surface area contributed by atoms with Crippen LogP contribution in [0.5, 0.6) is 5.75 Å². The fourth-order valence-electron chi connectivity index (χ4n) is 2.89. The highest BCUT2D eigenvalue weighted by atomic mass is 35.5. The normalized spacial score (nSPS) is 15.5. The predicted molar refractivity (Wildman–Crippen MR) is 102 cm³/mol. The van der Waals surface area contributed by atoms with Crippen molar-refractivity contribution in [2.75, 3.05) is 25.5 Å². The lowest BCUT2D eigenvalue weighted by Gasteiger charge is -2.33. The summed E-state index contributed by atoms with van der Waals surface area (Å²) in [6, 6.07) is 5.10. The van der Waals surface area contributed by atoms with E-state index in [9.17, 15) is 9.59 Å². The minimum Gasteiger partial charge on any atom is -0.495 e. The molecule has 0 bridgehead atoms. The van der Waals surface area contributed by atoms with Gasteiger partial charge >= 0.3 is 6.09 Å². The maximum Gasteiger partial charge on any atom is 0.410 e. The van der Waals surface area contributed by atoms with E-state index in [4.69, 9.17) is 21.1 Å². The molecule has 1 heterocycles. The summed E-state index contributed by atoms with van der Waals surface area (Å²) >= 11 is 5.98. The first-order valence-corrected chi connectivity index (χ1v) is 9.17. The Morgan fingerprint density at radius 2 is 1.92 bits per heavy atom. The van der Waals surface area contributed by atoms with Crippen molar-refractivity contribution in [3.63, 3.8) is 0 Å². The van der Waals surface area contributed by atoms with Crippen LogP contribution in [-0.2, 0) is 9.53 Å². The highest BCUT2D eigenvalue weighted by Crippen LogP contribution is 2.29. The Kier molecular flexibility index (Phi) is 6.75. The van der Waals surface area contributed by atoms with Gasteiger partial charge < -0.3 is 19.7 Å². The summed E-state index contributed by atoms with van der Waals surface area (Å²) in [5, 5.41) is 3.40. The largest absolute Gasteiger partial charge is 0.495 e. The van der Waals surface area contributed by atoms with Gasteiger partial charge in [0.2, 0.25) is 5.91 Å². The Balaban J connectivity index is 1.83. The zero-order chi connectivity index (χ0) is 19.3. The van der Waals surface area contributed by atoms with Gasteiger partial charge in [0.05, 0.1) is 12.8 Å². The van der Waals surface area contributed by atoms with E-state index in [1.807, 2.05) is 20.8 Å². The van der Waals surface area contributed by atoms with E-state index in [0.29, 0.717) is 36.0 Å². The van der Waals surface area contributed by atoms with Crippen LogP contribution in [0, 0.1) is 5.92 Å². The number of hydrogen-bond acceptors (Lipinski definition) is 4. The number of piperidine rings is 1. The zero-order valence-electron chi connectivity index (χ0n) is 15.8. The lowest BCUT2D eigenvalue weighted by atomic mass is 9.93. The van der Waals surface area contributed by atoms with Gasteiger partial charge in [0.15, 0.2) is 0 Å². The summed E-state index contributed by atoms with van der Waals surface area (Å²) in [6.07, 6.45) is 1.67. The van der Waals surface area contributed by atoms with Crippen molar-refractivity contribution in [3.05, 3.63) is 23.2 Å². The van der Waals surface area contributed by atoms with Gasteiger partial charge in [0, 0.05) is 24.5 Å². The number of ether oxygens (including phenoxy) is 2. The lowest BCUT2D eigenvalue weighted by molar-refractivity contribution is -0.117. The van der Waals surface area contributed by atoms with Crippen LogP contribution in [0.3, 0.4) is 0 Å². The Morgan fingerprint density at radius 3 is 2.50 bits per heavy atom. The first-order chi connectivity index (χ1) is 12.2. The summed E-state index contributed by atoms with van der Waals surface area (Å²) in [7, 11) is 1.55. The molecule has 7 heteroatoms. The SMILES string of the molecule is COc1ccc(Cl)cc1NC(=O)CC1CCN(C(=O)OC(C)(C)C)CC1. The summed E-state index contributed by atoms with van der Waals surface area (Å²) in [6.45, 7) is 6.77. The van der Waals surface area contributed by atoms with E-state index in [1.165, 1.54) is 0 Å². The second-order valence-electron chi connectivity index (χ2n) is 7.51. The molecule has 0 unspecified atom stereocenters. The number of nitrogens with zero attached hydrogens (tertiary/aromatic N) is 1. The molecule has 1 saturated heterocycles. The highest BCUT2D eigenvalue weighted by Gasteiger charge is 2.27. The Bertz CT molecular complexity index is 649. The first-order valence-electron chi connectivity index (χ1n) is 8.79. The molecule has 0 aliphatic carbocycles. The second-order valence-corrected chi connectivity index (χ2v) is 7.94. The predicted octanol–water partition coefficient (Wildman–Crippen LogP) is 4.32. The van der Waals surface area contributed by atoms with Crippen molar-refractivity contribution in [2.24, 2.45) is 5.92 Å². The van der Waals surface area contributed by atoms with Crippen LogP contribution in [0.1, 0.15) is 40.0 Å². The lowest BCUT2D eigenvalue weighted by Crippen LogP contribution is -2.42. The fraction of sp³-hybridized carbons (Fsp3) is 0.579. The number of hydrogen-bond donors (Lipinski definition) is 1. The Labute approximate surface area is 159 Å². The molecule has 6 nitrogen and oxygen atoms in total. The van der Waals surface area contributed by atoms with Crippen LogP contribution in [0.15, 0.2) is 18.2 Å². The van der Waals surface area contributed by atoms with Crippen molar-refractivity contribution < 1.29 is 19.1 Å². The number of halogens is 1. The summed E-state index contributed by atoms with van der Waals surface area (Å²) in [5.74, 6) is 0.725. The van der Waals surface area contributed by atoms with Crippen molar-refractivity contribution in [3.8, 4) is 5.75 Å². The standard InChI is InChI=1S/C19H27ClN2O4/c1-19(2,3)26-18(24)22-9-7-13(8-10-22)11-17(23)21-15-12-14(20)5-6-16(15)25-4/h5-6,12-13H,7-11H2,1-4H3,(H,21,23). The third-order valence-corrected chi connectivity index (χ3v) is 4.41. The smallest absolute Gasteiger partial charge is 0.410 e. The third kappa shape index (κ3) is 6.09. The van der Waals surface area contributed by atoms with Gasteiger partial charge in [-0.2, -0.15) is 0 Å². The van der Waals surface area contributed by atoms with Crippen molar-refractivity contribution in [2.45, 2.75) is 45.6 Å². The molecule has 26 heavy (non-hydrogen) atoms. The van der Waals surface area contributed by atoms with Gasteiger partial charge in [0.1, 0.15) is 11.4 Å². The molecule has 0 radical (unpaired) electrons. The maximum atomic E-state index is 12.3. The van der Waals surface area contributed by atoms with Crippen molar-refractivity contribution in [1.82, 2.24) is 4.90 Å². The van der Waals surface area contributed by atoms with Crippen LogP contribution in [0.2, 0.25) is 5.02 Å². The molecule has 0 atom stereocenters. The quantitative estimate of drug-likeness (QED) is 0.841. The molecule has 1 N–H and O–H groups in total. The molecule has 2 rings (SSSR count). The van der Waals surface area contributed by atoms with E-state index in [2.05, 4.69) is 5.32 Å². The number of likely N-dealkylation sites (tertiary alicyclic amines) is 1. The number of nitrogens with one attached hydrogen (secondary N) is 1. The summed E-state index contributed by atoms with van der Waals surface area (Å²) in [4.78, 5) is 26.1. The molecule has 0 spiro atoms. The third-order valence-electron chi connectivity index (χ3n) is 4.18. The summed E-state index contributed by atoms with van der Waals surface area (Å²) in [5.41, 5.74) is 0.0697. The highest BCUT2D eigenvalue weighted by molar-refractivity contribution is 6.31. The van der Waals surface area contributed by atoms with E-state index in [0.717, 1.165) is 12.8 Å². The molecule has 1 aliphatic rings. The molecule has 144 valence electrons. The topological polar surface area (TPSA) is 67.9 Å². The molecule has 0 saturated carbocycles. The average molecular weight is 383 g/mol. The zero-order valence-corrected chi connectivity index (χ0v) is 16.6. The number of rotatable bonds is 4. The molecule has 1 aromatic carbocycles. The van der Waals surface area contributed by atoms with Crippen LogP contribution >= 0.6 is 11.6 Å². The molecular weight excluding hydrogens is 356 g/mol. The van der Waals surface area contributed by atoms with Gasteiger partial charge in [-0.1, -0.05) is 11.6 Å². The van der Waals surface area contributed by atoms with E-state index < -0.39 is 5.60 Å². The monoisotopic (exact) mass is 382 g/mol. The average Bonchev–Trinajstić information content (AvgIpc) is 2.54. The molecule has 1 fully saturated rings. The van der Waals surface area contributed by atoms with E-state index >= 15 is 0 Å². The van der Waals surface area contributed by atoms with Gasteiger partial charge in [-0.3, -0.25) is 4.79 Å². The Morgan fingerprint density at radius 1 is 1.27 bits per heavy atom. The van der Waals surface area contributed by atoms with E-state index in [1.54, 1.807) is 30.2 Å². The van der Waals surface area contributed by atoms with Crippen molar-refractivity contribution >= 4 is 29.3 Å². The van der Waals surface area contributed by atoms with Crippen LogP contribution in [0.4, 0.5) is 10.5 Å². The number of methoxy groups -OCH3 is 1. The van der Waals surface area contributed by atoms with E-state index in [-0.39, 0.29) is 17.9 Å². The molecule has 1 aromatic rings. The molecule has 0 aromatic heterocycles. The number of benzene rings is 1. The second kappa shape index (κ2) is 8.62. The number of carbonyl (C=O) groups is 2. The Hall–Kier alpha value is -1.95. The minimum absolute atomic E-state index is 0.0821. The van der Waals surface area contributed by atoms with Gasteiger partial charge in [-0.15, -0.1) is 0 Å². The fourth-order valence-corrected chi connectivity index (χ4v) is 3.06. The number of amides is 2. The number of carbonyl (C=O) groups excluding carboxylic acids is 2. The minimum atomic E-state index is -0.496. The molecular formula is C19H27ClN2O4. The van der Waals surface area contributed by atoms with Crippen molar-refractivity contribution in [1.29, 1.82) is 0 Å².